The van der Waals surface area contributed by atoms with Crippen molar-refractivity contribution >= 4 is 11.8 Å². The molecule has 0 bridgehead atoms. The van der Waals surface area contributed by atoms with Gasteiger partial charge >= 0.3 is 5.97 Å². The number of carboxylic acid groups (broad SMARTS) is 1. The lowest BCUT2D eigenvalue weighted by molar-refractivity contribution is -0.137. The number of hydrogen-bond donors (Lipinski definition) is 1. The molecule has 0 saturated carbocycles. The maximum Gasteiger partial charge on any atom is 0.303 e. The summed E-state index contributed by atoms with van der Waals surface area (Å²) in [6, 6.07) is 6.96. The Morgan fingerprint density at radius 3 is 2.39 bits per heavy atom. The highest BCUT2D eigenvalue weighted by molar-refractivity contribution is 5.96. The smallest absolute Gasteiger partial charge is 0.303 e. The summed E-state index contributed by atoms with van der Waals surface area (Å²) in [4.78, 5) is 22.1. The van der Waals surface area contributed by atoms with Crippen LogP contribution in [-0.4, -0.2) is 23.5 Å². The van der Waals surface area contributed by atoms with Crippen molar-refractivity contribution in [2.24, 2.45) is 0 Å². The van der Waals surface area contributed by atoms with Crippen molar-refractivity contribution < 1.29 is 19.4 Å². The van der Waals surface area contributed by atoms with Gasteiger partial charge in [0.25, 0.3) is 0 Å². The molecule has 0 aliphatic heterocycles. The SMILES string of the molecule is CCCOc1ccc(C(=O)CCCC(=O)O)cc1. The standard InChI is InChI=1S/C14H18O4/c1-2-10-18-12-8-6-11(7-9-12)13(15)4-3-5-14(16)17/h6-9H,2-5,10H2,1H3,(H,16,17). The molecule has 0 fully saturated rings. The molecule has 0 aliphatic carbocycles. The molecule has 1 N–H and O–H groups in total. The van der Waals surface area contributed by atoms with Crippen LogP contribution in [0, 0.1) is 0 Å². The molecule has 1 aromatic rings. The number of carboxylic acids is 1. The zero-order valence-electron chi connectivity index (χ0n) is 10.5. The molecule has 4 heteroatoms. The third-order valence-corrected chi connectivity index (χ3v) is 2.44. The Hall–Kier alpha value is -1.84. The van der Waals surface area contributed by atoms with Crippen molar-refractivity contribution in [3.8, 4) is 5.75 Å². The average Bonchev–Trinajstić information content (AvgIpc) is 2.36. The zero-order valence-corrected chi connectivity index (χ0v) is 10.5. The van der Waals surface area contributed by atoms with Gasteiger partial charge in [-0.2, -0.15) is 0 Å². The molecule has 1 rings (SSSR count). The second-order valence-corrected chi connectivity index (χ2v) is 4.04. The van der Waals surface area contributed by atoms with Gasteiger partial charge in [0.15, 0.2) is 5.78 Å². The first-order valence-corrected chi connectivity index (χ1v) is 6.11. The predicted molar refractivity (Wildman–Crippen MR) is 68.0 cm³/mol. The van der Waals surface area contributed by atoms with E-state index in [0.29, 0.717) is 18.6 Å². The van der Waals surface area contributed by atoms with E-state index in [-0.39, 0.29) is 18.6 Å². The molecule has 0 saturated heterocycles. The van der Waals surface area contributed by atoms with Crippen LogP contribution in [0.15, 0.2) is 24.3 Å². The fourth-order valence-electron chi connectivity index (χ4n) is 1.50. The highest BCUT2D eigenvalue weighted by Gasteiger charge is 2.07. The van der Waals surface area contributed by atoms with Crippen molar-refractivity contribution in [2.75, 3.05) is 6.61 Å². The van der Waals surface area contributed by atoms with E-state index >= 15 is 0 Å². The zero-order chi connectivity index (χ0) is 13.4. The molecule has 0 aliphatic rings. The molecule has 1 aromatic carbocycles. The van der Waals surface area contributed by atoms with Crippen molar-refractivity contribution in [1.82, 2.24) is 0 Å². The molecule has 0 atom stereocenters. The number of aliphatic carboxylic acids is 1. The van der Waals surface area contributed by atoms with Gasteiger partial charge in [0.05, 0.1) is 6.61 Å². The number of rotatable bonds is 8. The summed E-state index contributed by atoms with van der Waals surface area (Å²) in [5.74, 6) is -0.150. The molecule has 4 nitrogen and oxygen atoms in total. The van der Waals surface area contributed by atoms with Crippen LogP contribution in [-0.2, 0) is 4.79 Å². The van der Waals surface area contributed by atoms with E-state index in [1.54, 1.807) is 24.3 Å². The number of carbonyl (C=O) groups excluding carboxylic acids is 1. The van der Waals surface area contributed by atoms with Gasteiger partial charge in [-0.1, -0.05) is 6.92 Å². The van der Waals surface area contributed by atoms with Crippen molar-refractivity contribution in [2.45, 2.75) is 32.6 Å². The number of Topliss-reactive ketones (excluding diaryl/α,β-unsaturated/α-hetero) is 1. The van der Waals surface area contributed by atoms with Crippen LogP contribution in [0.2, 0.25) is 0 Å². The Bertz CT molecular complexity index is 395. The Kier molecular flexibility index (Phi) is 5.91. The summed E-state index contributed by atoms with van der Waals surface area (Å²) in [6.07, 6.45) is 1.61. The molecule has 0 radical (unpaired) electrons. The summed E-state index contributed by atoms with van der Waals surface area (Å²) < 4.78 is 5.41. The maximum atomic E-state index is 11.7. The topological polar surface area (TPSA) is 63.6 Å². The summed E-state index contributed by atoms with van der Waals surface area (Å²) in [6.45, 7) is 2.69. The van der Waals surface area contributed by atoms with Crippen molar-refractivity contribution in [3.05, 3.63) is 29.8 Å². The van der Waals surface area contributed by atoms with Crippen LogP contribution >= 0.6 is 0 Å². The van der Waals surface area contributed by atoms with Crippen LogP contribution in [0.5, 0.6) is 5.75 Å². The van der Waals surface area contributed by atoms with Crippen molar-refractivity contribution in [3.63, 3.8) is 0 Å². The summed E-state index contributed by atoms with van der Waals surface area (Å²) >= 11 is 0. The highest BCUT2D eigenvalue weighted by Crippen LogP contribution is 2.14. The number of ketones is 1. The first-order valence-electron chi connectivity index (χ1n) is 6.11. The largest absolute Gasteiger partial charge is 0.494 e. The molecule has 98 valence electrons. The van der Waals surface area contributed by atoms with Crippen LogP contribution in [0.3, 0.4) is 0 Å². The lowest BCUT2D eigenvalue weighted by atomic mass is 10.1. The second-order valence-electron chi connectivity index (χ2n) is 4.04. The molecule has 18 heavy (non-hydrogen) atoms. The van der Waals surface area contributed by atoms with E-state index in [1.807, 2.05) is 6.92 Å². The molecule has 0 aromatic heterocycles. The predicted octanol–water partition coefficient (Wildman–Crippen LogP) is 2.91. The monoisotopic (exact) mass is 250 g/mol. The molecule has 0 spiro atoms. The lowest BCUT2D eigenvalue weighted by Gasteiger charge is -2.05. The van der Waals surface area contributed by atoms with Crippen LogP contribution in [0.25, 0.3) is 0 Å². The summed E-state index contributed by atoms with van der Waals surface area (Å²) in [7, 11) is 0. The van der Waals surface area contributed by atoms with Gasteiger partial charge in [-0.15, -0.1) is 0 Å². The maximum absolute atomic E-state index is 11.7. The van der Waals surface area contributed by atoms with E-state index < -0.39 is 5.97 Å². The quantitative estimate of drug-likeness (QED) is 0.720. The van der Waals surface area contributed by atoms with E-state index in [0.717, 1.165) is 12.2 Å². The average molecular weight is 250 g/mol. The number of hydrogen-bond acceptors (Lipinski definition) is 3. The van der Waals surface area contributed by atoms with Gasteiger partial charge in [0, 0.05) is 18.4 Å². The summed E-state index contributed by atoms with van der Waals surface area (Å²) in [5.41, 5.74) is 0.601. The van der Waals surface area contributed by atoms with Gasteiger partial charge in [-0.05, 0) is 37.1 Å². The third kappa shape index (κ3) is 4.99. The minimum absolute atomic E-state index is 0.0294. The number of carbonyl (C=O) groups is 2. The number of benzene rings is 1. The van der Waals surface area contributed by atoms with Crippen LogP contribution in [0.4, 0.5) is 0 Å². The fraction of sp³-hybridized carbons (Fsp3) is 0.429. The first kappa shape index (κ1) is 14.2. The van der Waals surface area contributed by atoms with Crippen LogP contribution in [0.1, 0.15) is 43.0 Å². The van der Waals surface area contributed by atoms with Gasteiger partial charge in [-0.3, -0.25) is 9.59 Å². The van der Waals surface area contributed by atoms with E-state index in [9.17, 15) is 9.59 Å². The molecule has 0 amide bonds. The summed E-state index contributed by atoms with van der Waals surface area (Å²) in [5, 5.41) is 8.49. The third-order valence-electron chi connectivity index (χ3n) is 2.44. The van der Waals surface area contributed by atoms with Crippen LogP contribution < -0.4 is 4.74 Å². The lowest BCUT2D eigenvalue weighted by Crippen LogP contribution is -2.02. The van der Waals surface area contributed by atoms with Gasteiger partial charge < -0.3 is 9.84 Å². The minimum Gasteiger partial charge on any atom is -0.494 e. The Labute approximate surface area is 107 Å². The second kappa shape index (κ2) is 7.48. The van der Waals surface area contributed by atoms with E-state index in [4.69, 9.17) is 9.84 Å². The molecular weight excluding hydrogens is 232 g/mol. The highest BCUT2D eigenvalue weighted by atomic mass is 16.5. The molecule has 0 heterocycles. The van der Waals surface area contributed by atoms with Gasteiger partial charge in [-0.25, -0.2) is 0 Å². The van der Waals surface area contributed by atoms with E-state index in [2.05, 4.69) is 0 Å². The van der Waals surface area contributed by atoms with Crippen molar-refractivity contribution in [1.29, 1.82) is 0 Å². The Morgan fingerprint density at radius 2 is 1.83 bits per heavy atom. The fourth-order valence-corrected chi connectivity index (χ4v) is 1.50. The Balaban J connectivity index is 2.46. The normalized spacial score (nSPS) is 10.1. The van der Waals surface area contributed by atoms with Gasteiger partial charge in [0.1, 0.15) is 5.75 Å². The molecular formula is C14H18O4. The first-order chi connectivity index (χ1) is 8.63. The minimum atomic E-state index is -0.869. The van der Waals surface area contributed by atoms with E-state index in [1.165, 1.54) is 0 Å². The number of ether oxygens (including phenoxy) is 1. The molecule has 0 unspecified atom stereocenters. The van der Waals surface area contributed by atoms with Gasteiger partial charge in [0.2, 0.25) is 0 Å². The Morgan fingerprint density at radius 1 is 1.17 bits per heavy atom.